The smallest absolute Gasteiger partial charge is 0.163 e. The molecule has 1 aromatic rings. The van der Waals surface area contributed by atoms with Crippen molar-refractivity contribution in [1.29, 1.82) is 0 Å². The van der Waals surface area contributed by atoms with Gasteiger partial charge in [-0.3, -0.25) is 0 Å². The minimum atomic E-state index is -0.667. The number of aliphatic hydroxyl groups excluding tert-OH is 1. The van der Waals surface area contributed by atoms with Crippen LogP contribution >= 0.6 is 0 Å². The number of benzene rings is 1. The standard InChI is InChI=1S/C19H26O4/c1-4-5-9-12-21-19-14(2)18(17(20)15(3)23-19)22-13-16-10-7-6-8-11-16/h1,6-8,10-11,14-15,17-20H,5,9,12-13H2,2-3H3/t14?,15?,17-,18+,19-/m1/s1. The topological polar surface area (TPSA) is 47.9 Å². The number of terminal acetylenes is 1. The Kier molecular flexibility index (Phi) is 7.07. The van der Waals surface area contributed by atoms with Crippen LogP contribution < -0.4 is 0 Å². The molecule has 23 heavy (non-hydrogen) atoms. The third kappa shape index (κ3) is 5.05. The molecule has 4 heteroatoms. The predicted molar refractivity (Wildman–Crippen MR) is 88.5 cm³/mol. The lowest BCUT2D eigenvalue weighted by Gasteiger charge is -2.42. The molecule has 2 unspecified atom stereocenters. The van der Waals surface area contributed by atoms with Gasteiger partial charge in [0.15, 0.2) is 6.29 Å². The Morgan fingerprint density at radius 3 is 2.65 bits per heavy atom. The van der Waals surface area contributed by atoms with Crippen molar-refractivity contribution in [3.05, 3.63) is 35.9 Å². The molecule has 1 aromatic carbocycles. The quantitative estimate of drug-likeness (QED) is 0.620. The third-order valence-corrected chi connectivity index (χ3v) is 4.15. The highest BCUT2D eigenvalue weighted by molar-refractivity contribution is 5.13. The van der Waals surface area contributed by atoms with Crippen LogP contribution in [-0.2, 0) is 20.8 Å². The van der Waals surface area contributed by atoms with Gasteiger partial charge in [0, 0.05) is 12.3 Å². The molecule has 0 amide bonds. The maximum absolute atomic E-state index is 10.4. The number of unbranched alkanes of at least 4 members (excludes halogenated alkanes) is 1. The fourth-order valence-electron chi connectivity index (χ4n) is 2.73. The first-order valence-electron chi connectivity index (χ1n) is 8.17. The molecule has 1 aliphatic heterocycles. The summed E-state index contributed by atoms with van der Waals surface area (Å²) in [5.74, 6) is 2.53. The summed E-state index contributed by atoms with van der Waals surface area (Å²) in [6.45, 7) is 4.83. The maximum Gasteiger partial charge on any atom is 0.163 e. The van der Waals surface area contributed by atoms with Crippen LogP contribution in [0.2, 0.25) is 0 Å². The molecule has 4 nitrogen and oxygen atoms in total. The van der Waals surface area contributed by atoms with Gasteiger partial charge in [0.05, 0.1) is 25.4 Å². The van der Waals surface area contributed by atoms with Crippen LogP contribution in [0.3, 0.4) is 0 Å². The Morgan fingerprint density at radius 1 is 1.22 bits per heavy atom. The van der Waals surface area contributed by atoms with Gasteiger partial charge in [-0.1, -0.05) is 37.3 Å². The van der Waals surface area contributed by atoms with E-state index in [9.17, 15) is 5.11 Å². The van der Waals surface area contributed by atoms with Crippen molar-refractivity contribution in [3.8, 4) is 12.3 Å². The Hall–Kier alpha value is -1.38. The second kappa shape index (κ2) is 9.05. The minimum Gasteiger partial charge on any atom is -0.388 e. The lowest BCUT2D eigenvalue weighted by molar-refractivity contribution is -0.282. The fourth-order valence-corrected chi connectivity index (χ4v) is 2.73. The van der Waals surface area contributed by atoms with E-state index in [-0.39, 0.29) is 24.4 Å². The maximum atomic E-state index is 10.4. The SMILES string of the molecule is C#CCCCO[C@@H]1OC(C)[C@@H](O)[C@@H](OCc2ccccc2)C1C. The lowest BCUT2D eigenvalue weighted by Crippen LogP contribution is -2.54. The lowest BCUT2D eigenvalue weighted by atomic mass is 9.92. The Bertz CT molecular complexity index is 496. The number of aliphatic hydroxyl groups is 1. The molecule has 1 fully saturated rings. The normalized spacial score (nSPS) is 30.8. The average Bonchev–Trinajstić information content (AvgIpc) is 2.57. The Balaban J connectivity index is 1.91. The molecular weight excluding hydrogens is 292 g/mol. The van der Waals surface area contributed by atoms with Gasteiger partial charge < -0.3 is 19.3 Å². The molecule has 1 heterocycles. The van der Waals surface area contributed by atoms with Gasteiger partial charge in [0.2, 0.25) is 0 Å². The molecule has 0 aromatic heterocycles. The highest BCUT2D eigenvalue weighted by Crippen LogP contribution is 2.29. The first-order valence-corrected chi connectivity index (χ1v) is 8.17. The molecule has 0 aliphatic carbocycles. The zero-order valence-electron chi connectivity index (χ0n) is 13.9. The zero-order valence-corrected chi connectivity index (χ0v) is 13.9. The van der Waals surface area contributed by atoms with E-state index in [2.05, 4.69) is 5.92 Å². The highest BCUT2D eigenvalue weighted by atomic mass is 16.7. The molecule has 1 N–H and O–H groups in total. The first kappa shape index (κ1) is 18.0. The second-order valence-corrected chi connectivity index (χ2v) is 6.00. The van der Waals surface area contributed by atoms with E-state index in [1.165, 1.54) is 0 Å². The largest absolute Gasteiger partial charge is 0.388 e. The molecule has 0 saturated carbocycles. The average molecular weight is 318 g/mol. The molecule has 0 radical (unpaired) electrons. The number of rotatable bonds is 7. The number of ether oxygens (including phenoxy) is 3. The van der Waals surface area contributed by atoms with Gasteiger partial charge in [0.25, 0.3) is 0 Å². The van der Waals surface area contributed by atoms with Crippen LogP contribution in [0.15, 0.2) is 30.3 Å². The van der Waals surface area contributed by atoms with E-state index in [0.29, 0.717) is 19.6 Å². The Morgan fingerprint density at radius 2 is 1.96 bits per heavy atom. The summed E-state index contributed by atoms with van der Waals surface area (Å²) < 4.78 is 17.5. The van der Waals surface area contributed by atoms with Crippen LogP contribution in [0.5, 0.6) is 0 Å². The van der Waals surface area contributed by atoms with Crippen molar-refractivity contribution in [2.75, 3.05) is 6.61 Å². The summed E-state index contributed by atoms with van der Waals surface area (Å²) in [6, 6.07) is 9.93. The predicted octanol–water partition coefficient (Wildman–Crippen LogP) is 2.74. The van der Waals surface area contributed by atoms with E-state index in [1.54, 1.807) is 0 Å². The molecule has 126 valence electrons. The van der Waals surface area contributed by atoms with Gasteiger partial charge in [-0.15, -0.1) is 12.3 Å². The molecule has 2 rings (SSSR count). The van der Waals surface area contributed by atoms with E-state index < -0.39 is 6.10 Å². The Labute approximate surface area is 138 Å². The van der Waals surface area contributed by atoms with Gasteiger partial charge in [-0.05, 0) is 18.9 Å². The van der Waals surface area contributed by atoms with E-state index in [4.69, 9.17) is 20.6 Å². The molecular formula is C19H26O4. The van der Waals surface area contributed by atoms with Crippen molar-refractivity contribution in [2.45, 2.75) is 57.9 Å². The van der Waals surface area contributed by atoms with Gasteiger partial charge in [0.1, 0.15) is 6.10 Å². The summed E-state index contributed by atoms with van der Waals surface area (Å²) in [6.07, 6.45) is 5.03. The molecule has 1 aliphatic rings. The second-order valence-electron chi connectivity index (χ2n) is 6.00. The summed E-state index contributed by atoms with van der Waals surface area (Å²) in [4.78, 5) is 0. The van der Waals surface area contributed by atoms with Crippen LogP contribution in [0.1, 0.15) is 32.3 Å². The number of hydrogen-bond acceptors (Lipinski definition) is 4. The minimum absolute atomic E-state index is 0.0595. The van der Waals surface area contributed by atoms with E-state index >= 15 is 0 Å². The van der Waals surface area contributed by atoms with Crippen LogP contribution in [0, 0.1) is 18.3 Å². The van der Waals surface area contributed by atoms with Crippen molar-refractivity contribution >= 4 is 0 Å². The summed E-state index contributed by atoms with van der Waals surface area (Å²) in [5, 5.41) is 10.4. The van der Waals surface area contributed by atoms with Crippen molar-refractivity contribution in [3.63, 3.8) is 0 Å². The summed E-state index contributed by atoms with van der Waals surface area (Å²) >= 11 is 0. The van der Waals surface area contributed by atoms with Crippen LogP contribution in [0.4, 0.5) is 0 Å². The van der Waals surface area contributed by atoms with Gasteiger partial charge in [-0.2, -0.15) is 0 Å². The van der Waals surface area contributed by atoms with Crippen molar-refractivity contribution < 1.29 is 19.3 Å². The third-order valence-electron chi connectivity index (χ3n) is 4.15. The van der Waals surface area contributed by atoms with Crippen molar-refractivity contribution in [2.24, 2.45) is 5.92 Å². The van der Waals surface area contributed by atoms with Gasteiger partial charge >= 0.3 is 0 Å². The summed E-state index contributed by atoms with van der Waals surface area (Å²) in [7, 11) is 0. The first-order chi connectivity index (χ1) is 11.1. The van der Waals surface area contributed by atoms with Crippen LogP contribution in [-0.4, -0.2) is 36.3 Å². The van der Waals surface area contributed by atoms with Crippen LogP contribution in [0.25, 0.3) is 0 Å². The number of hydrogen-bond donors (Lipinski definition) is 1. The van der Waals surface area contributed by atoms with Gasteiger partial charge in [-0.25, -0.2) is 0 Å². The molecule has 1 saturated heterocycles. The highest BCUT2D eigenvalue weighted by Gasteiger charge is 2.42. The molecule has 5 atom stereocenters. The molecule has 0 bridgehead atoms. The fraction of sp³-hybridized carbons (Fsp3) is 0.579. The summed E-state index contributed by atoms with van der Waals surface area (Å²) in [5.41, 5.74) is 1.08. The molecule has 0 spiro atoms. The monoisotopic (exact) mass is 318 g/mol. The van der Waals surface area contributed by atoms with E-state index in [0.717, 1.165) is 12.0 Å². The van der Waals surface area contributed by atoms with E-state index in [1.807, 2.05) is 44.2 Å². The zero-order chi connectivity index (χ0) is 16.7. The van der Waals surface area contributed by atoms with Crippen molar-refractivity contribution in [1.82, 2.24) is 0 Å².